The minimum Gasteiger partial charge on any atom is -0.335 e. The molecule has 1 aliphatic carbocycles. The summed E-state index contributed by atoms with van der Waals surface area (Å²) in [6, 6.07) is 0. The summed E-state index contributed by atoms with van der Waals surface area (Å²) in [7, 11) is 2.02. The summed E-state index contributed by atoms with van der Waals surface area (Å²) in [5, 5.41) is 0. The second-order valence-corrected chi connectivity index (χ2v) is 4.53. The van der Waals surface area contributed by atoms with Crippen molar-refractivity contribution in [2.45, 2.75) is 38.5 Å². The van der Waals surface area contributed by atoms with Crippen LogP contribution in [0.15, 0.2) is 6.20 Å². The maximum atomic E-state index is 11.3. The molecule has 76 valence electrons. The predicted octanol–water partition coefficient (Wildman–Crippen LogP) is 1.74. The summed E-state index contributed by atoms with van der Waals surface area (Å²) in [5.74, 6) is 1.40. The smallest absolute Gasteiger partial charge is 0.133 e. The van der Waals surface area contributed by atoms with Crippen molar-refractivity contribution in [2.24, 2.45) is 7.05 Å². The number of aryl methyl sites for hydroxylation is 1. The Bertz CT molecular complexity index is 381. The van der Waals surface area contributed by atoms with Gasteiger partial charge in [-0.2, -0.15) is 0 Å². The zero-order chi connectivity index (χ0) is 10.3. The first-order valence-electron chi connectivity index (χ1n) is 5.03. The first kappa shape index (κ1) is 9.44. The fraction of sp³-hybridized carbons (Fsp3) is 0.636. The minimum atomic E-state index is 0.0209. The van der Waals surface area contributed by atoms with E-state index in [0.717, 1.165) is 18.7 Å². The molecule has 1 aliphatic rings. The van der Waals surface area contributed by atoms with Gasteiger partial charge in [-0.05, 0) is 13.3 Å². The Morgan fingerprint density at radius 1 is 1.57 bits per heavy atom. The molecule has 14 heavy (non-hydrogen) atoms. The molecule has 1 atom stereocenters. The Morgan fingerprint density at radius 3 is 2.71 bits per heavy atom. The molecule has 0 aliphatic heterocycles. The summed E-state index contributed by atoms with van der Waals surface area (Å²) in [4.78, 5) is 15.6. The SMILES string of the molecule is Cc1ncc(C2(C)CCC(=O)C2)n1C. The molecule has 1 aromatic heterocycles. The first-order chi connectivity index (χ1) is 6.53. The van der Waals surface area contributed by atoms with Crippen molar-refractivity contribution in [2.75, 3.05) is 0 Å². The molecular weight excluding hydrogens is 176 g/mol. The maximum absolute atomic E-state index is 11.3. The van der Waals surface area contributed by atoms with Crippen LogP contribution in [-0.2, 0) is 17.3 Å². The number of carbonyl (C=O) groups is 1. The molecule has 2 rings (SSSR count). The van der Waals surface area contributed by atoms with Crippen molar-refractivity contribution in [3.63, 3.8) is 0 Å². The molecule has 3 nitrogen and oxygen atoms in total. The van der Waals surface area contributed by atoms with E-state index in [1.54, 1.807) is 0 Å². The molecule has 0 bridgehead atoms. The fourth-order valence-electron chi connectivity index (χ4n) is 2.31. The van der Waals surface area contributed by atoms with Crippen LogP contribution < -0.4 is 0 Å². The number of hydrogen-bond donors (Lipinski definition) is 0. The Hall–Kier alpha value is -1.12. The predicted molar refractivity (Wildman–Crippen MR) is 54.2 cm³/mol. The number of rotatable bonds is 1. The Kier molecular flexibility index (Phi) is 1.98. The van der Waals surface area contributed by atoms with E-state index in [1.807, 2.05) is 20.2 Å². The van der Waals surface area contributed by atoms with Crippen LogP contribution in [0.5, 0.6) is 0 Å². The molecule has 0 radical (unpaired) electrons. The molecule has 0 saturated heterocycles. The number of Topliss-reactive ketones (excluding diaryl/α,β-unsaturated/α-hetero) is 1. The standard InChI is InChI=1S/C11H16N2O/c1-8-12-7-10(13(8)3)11(2)5-4-9(14)6-11/h7H,4-6H2,1-3H3. The average molecular weight is 192 g/mol. The van der Waals surface area contributed by atoms with Gasteiger partial charge < -0.3 is 4.57 Å². The molecule has 3 heteroatoms. The van der Waals surface area contributed by atoms with Gasteiger partial charge in [-0.3, -0.25) is 4.79 Å². The van der Waals surface area contributed by atoms with Crippen molar-refractivity contribution >= 4 is 5.78 Å². The van der Waals surface area contributed by atoms with Gasteiger partial charge in [-0.25, -0.2) is 4.98 Å². The van der Waals surface area contributed by atoms with Gasteiger partial charge in [-0.15, -0.1) is 0 Å². The van der Waals surface area contributed by atoms with Gasteiger partial charge in [0.05, 0.1) is 0 Å². The van der Waals surface area contributed by atoms with Crippen LogP contribution in [0.4, 0.5) is 0 Å². The molecule has 1 saturated carbocycles. The molecule has 1 unspecified atom stereocenters. The third-order valence-electron chi connectivity index (χ3n) is 3.38. The second kappa shape index (κ2) is 2.94. The van der Waals surface area contributed by atoms with E-state index in [1.165, 1.54) is 5.69 Å². The van der Waals surface area contributed by atoms with Gasteiger partial charge in [0.25, 0.3) is 0 Å². The fourth-order valence-corrected chi connectivity index (χ4v) is 2.31. The maximum Gasteiger partial charge on any atom is 0.133 e. The van der Waals surface area contributed by atoms with Gasteiger partial charge in [0.15, 0.2) is 0 Å². The van der Waals surface area contributed by atoms with E-state index in [4.69, 9.17) is 0 Å². The highest BCUT2D eigenvalue weighted by Gasteiger charge is 2.37. The van der Waals surface area contributed by atoms with Crippen LogP contribution >= 0.6 is 0 Å². The first-order valence-corrected chi connectivity index (χ1v) is 5.03. The Balaban J connectivity index is 2.39. The van der Waals surface area contributed by atoms with Crippen LogP contribution in [0.2, 0.25) is 0 Å². The van der Waals surface area contributed by atoms with E-state index < -0.39 is 0 Å². The average Bonchev–Trinajstić information content (AvgIpc) is 2.60. The van der Waals surface area contributed by atoms with Gasteiger partial charge in [0.1, 0.15) is 11.6 Å². The van der Waals surface area contributed by atoms with Crippen molar-refractivity contribution < 1.29 is 4.79 Å². The highest BCUT2D eigenvalue weighted by molar-refractivity contribution is 5.82. The van der Waals surface area contributed by atoms with Crippen molar-refractivity contribution in [1.29, 1.82) is 0 Å². The highest BCUT2D eigenvalue weighted by atomic mass is 16.1. The number of nitrogens with zero attached hydrogens (tertiary/aromatic N) is 2. The van der Waals surface area contributed by atoms with E-state index in [9.17, 15) is 4.79 Å². The highest BCUT2D eigenvalue weighted by Crippen LogP contribution is 2.38. The van der Waals surface area contributed by atoms with Gasteiger partial charge in [0, 0.05) is 37.2 Å². The summed E-state index contributed by atoms with van der Waals surface area (Å²) < 4.78 is 2.10. The molecule has 0 N–H and O–H groups in total. The summed E-state index contributed by atoms with van der Waals surface area (Å²) in [6.07, 6.45) is 4.27. The molecule has 1 fully saturated rings. The van der Waals surface area contributed by atoms with Crippen molar-refractivity contribution in [3.05, 3.63) is 17.7 Å². The third-order valence-corrected chi connectivity index (χ3v) is 3.38. The zero-order valence-electron chi connectivity index (χ0n) is 9.00. The van der Waals surface area contributed by atoms with Crippen LogP contribution in [0.1, 0.15) is 37.7 Å². The molecule has 0 spiro atoms. The Labute approximate surface area is 84.1 Å². The lowest BCUT2D eigenvalue weighted by Gasteiger charge is -2.23. The van der Waals surface area contributed by atoms with Crippen LogP contribution in [0.3, 0.4) is 0 Å². The lowest BCUT2D eigenvalue weighted by molar-refractivity contribution is -0.117. The summed E-state index contributed by atoms with van der Waals surface area (Å²) in [5.41, 5.74) is 1.22. The number of aromatic nitrogens is 2. The van der Waals surface area contributed by atoms with E-state index in [0.29, 0.717) is 12.2 Å². The number of carbonyl (C=O) groups excluding carboxylic acids is 1. The second-order valence-electron chi connectivity index (χ2n) is 4.53. The number of hydrogen-bond acceptors (Lipinski definition) is 2. The van der Waals surface area contributed by atoms with Gasteiger partial charge >= 0.3 is 0 Å². The monoisotopic (exact) mass is 192 g/mol. The van der Waals surface area contributed by atoms with Crippen LogP contribution in [0, 0.1) is 6.92 Å². The van der Waals surface area contributed by atoms with E-state index in [2.05, 4.69) is 16.5 Å². The largest absolute Gasteiger partial charge is 0.335 e. The van der Waals surface area contributed by atoms with Crippen molar-refractivity contribution in [1.82, 2.24) is 9.55 Å². The molecule has 0 amide bonds. The summed E-state index contributed by atoms with van der Waals surface area (Å²) >= 11 is 0. The minimum absolute atomic E-state index is 0.0209. The lowest BCUT2D eigenvalue weighted by atomic mass is 9.85. The van der Waals surface area contributed by atoms with E-state index in [-0.39, 0.29) is 5.41 Å². The Morgan fingerprint density at radius 2 is 2.29 bits per heavy atom. The third kappa shape index (κ3) is 1.27. The molecule has 1 aromatic rings. The summed E-state index contributed by atoms with van der Waals surface area (Å²) in [6.45, 7) is 4.15. The van der Waals surface area contributed by atoms with Crippen LogP contribution in [-0.4, -0.2) is 15.3 Å². The normalized spacial score (nSPS) is 27.2. The lowest BCUT2D eigenvalue weighted by Crippen LogP contribution is -2.21. The number of ketones is 1. The quantitative estimate of drug-likeness (QED) is 0.679. The molecular formula is C11H16N2O. The van der Waals surface area contributed by atoms with Crippen LogP contribution in [0.25, 0.3) is 0 Å². The van der Waals surface area contributed by atoms with Gasteiger partial charge in [0.2, 0.25) is 0 Å². The number of imidazole rings is 1. The molecule has 1 heterocycles. The van der Waals surface area contributed by atoms with Crippen molar-refractivity contribution in [3.8, 4) is 0 Å². The zero-order valence-corrected chi connectivity index (χ0v) is 9.00. The van der Waals surface area contributed by atoms with Gasteiger partial charge in [-0.1, -0.05) is 6.92 Å². The van der Waals surface area contributed by atoms with E-state index >= 15 is 0 Å². The topological polar surface area (TPSA) is 34.9 Å². The molecule has 0 aromatic carbocycles.